The number of thiazole rings is 1. The number of carbonyl (C=O) groups excluding carboxylic acids is 1. The lowest BCUT2D eigenvalue weighted by molar-refractivity contribution is -0.114. The molecule has 0 aliphatic rings. The van der Waals surface area contributed by atoms with Crippen molar-refractivity contribution in [2.24, 2.45) is 0 Å². The molecule has 0 saturated carbocycles. The lowest BCUT2D eigenvalue weighted by Gasteiger charge is -2.03. The van der Waals surface area contributed by atoms with E-state index in [2.05, 4.69) is 15.6 Å². The number of nitrogens with one attached hydrogen (secondary N) is 2. The predicted octanol–water partition coefficient (Wildman–Crippen LogP) is 4.21. The average Bonchev–Trinajstić information content (AvgIpc) is 3.04. The van der Waals surface area contributed by atoms with Crippen LogP contribution in [-0.2, 0) is 4.79 Å². The minimum Gasteiger partial charge on any atom is -0.478 e. The SMILES string of the molecule is CC(=O)Nc1ccc(-c2csc(Nc3ccc(C(=O)O)cc3)n2)cc1. The van der Waals surface area contributed by atoms with E-state index in [0.717, 1.165) is 22.6 Å². The fourth-order valence-corrected chi connectivity index (χ4v) is 2.95. The highest BCUT2D eigenvalue weighted by Gasteiger charge is 2.07. The molecule has 3 rings (SSSR count). The first-order chi connectivity index (χ1) is 12.0. The van der Waals surface area contributed by atoms with E-state index in [9.17, 15) is 9.59 Å². The van der Waals surface area contributed by atoms with Gasteiger partial charge in [0.05, 0.1) is 11.3 Å². The van der Waals surface area contributed by atoms with Gasteiger partial charge in [0.2, 0.25) is 5.91 Å². The van der Waals surface area contributed by atoms with E-state index >= 15 is 0 Å². The molecule has 0 radical (unpaired) electrons. The van der Waals surface area contributed by atoms with Crippen molar-refractivity contribution in [3.63, 3.8) is 0 Å². The molecular weight excluding hydrogens is 338 g/mol. The highest BCUT2D eigenvalue weighted by molar-refractivity contribution is 7.14. The molecule has 0 spiro atoms. The number of hydrogen-bond acceptors (Lipinski definition) is 5. The molecule has 1 heterocycles. The predicted molar refractivity (Wildman–Crippen MR) is 98.5 cm³/mol. The first-order valence-corrected chi connectivity index (χ1v) is 8.33. The first kappa shape index (κ1) is 16.7. The first-order valence-electron chi connectivity index (χ1n) is 7.45. The van der Waals surface area contributed by atoms with Crippen molar-refractivity contribution in [3.8, 4) is 11.3 Å². The van der Waals surface area contributed by atoms with Crippen LogP contribution in [0.2, 0.25) is 0 Å². The number of carbonyl (C=O) groups is 2. The van der Waals surface area contributed by atoms with Crippen molar-refractivity contribution in [3.05, 3.63) is 59.5 Å². The van der Waals surface area contributed by atoms with E-state index in [1.165, 1.54) is 18.3 Å². The van der Waals surface area contributed by atoms with Gasteiger partial charge in [0.25, 0.3) is 0 Å². The van der Waals surface area contributed by atoms with E-state index in [1.54, 1.807) is 24.3 Å². The molecule has 0 atom stereocenters. The van der Waals surface area contributed by atoms with Gasteiger partial charge < -0.3 is 15.7 Å². The van der Waals surface area contributed by atoms with Gasteiger partial charge in [-0.1, -0.05) is 12.1 Å². The highest BCUT2D eigenvalue weighted by atomic mass is 32.1. The molecule has 0 bridgehead atoms. The number of aromatic carboxylic acids is 1. The molecule has 0 unspecified atom stereocenters. The van der Waals surface area contributed by atoms with Crippen LogP contribution in [0.5, 0.6) is 0 Å². The molecule has 3 N–H and O–H groups in total. The number of anilines is 3. The lowest BCUT2D eigenvalue weighted by atomic mass is 10.1. The monoisotopic (exact) mass is 353 g/mol. The summed E-state index contributed by atoms with van der Waals surface area (Å²) in [5.41, 5.74) is 3.52. The molecule has 2 aromatic carbocycles. The van der Waals surface area contributed by atoms with Crippen LogP contribution in [-0.4, -0.2) is 22.0 Å². The van der Waals surface area contributed by atoms with E-state index in [1.807, 2.05) is 29.6 Å². The Hall–Kier alpha value is -3.19. The Morgan fingerprint density at radius 3 is 2.24 bits per heavy atom. The van der Waals surface area contributed by atoms with Gasteiger partial charge in [-0.3, -0.25) is 4.79 Å². The number of carboxylic acid groups (broad SMARTS) is 1. The van der Waals surface area contributed by atoms with Crippen molar-refractivity contribution >= 4 is 39.7 Å². The topological polar surface area (TPSA) is 91.3 Å². The van der Waals surface area contributed by atoms with Gasteiger partial charge in [0.15, 0.2) is 5.13 Å². The van der Waals surface area contributed by atoms with Crippen LogP contribution in [0.15, 0.2) is 53.9 Å². The molecule has 126 valence electrons. The maximum atomic E-state index is 11.0. The summed E-state index contributed by atoms with van der Waals surface area (Å²) in [5.74, 6) is -1.06. The summed E-state index contributed by atoms with van der Waals surface area (Å²) in [6.45, 7) is 1.47. The molecule has 3 aromatic rings. The summed E-state index contributed by atoms with van der Waals surface area (Å²) in [4.78, 5) is 26.4. The Morgan fingerprint density at radius 1 is 1.00 bits per heavy atom. The van der Waals surface area contributed by atoms with Crippen LogP contribution in [0.4, 0.5) is 16.5 Å². The Morgan fingerprint density at radius 2 is 1.64 bits per heavy atom. The lowest BCUT2D eigenvalue weighted by Crippen LogP contribution is -2.05. The summed E-state index contributed by atoms with van der Waals surface area (Å²) in [6.07, 6.45) is 0. The van der Waals surface area contributed by atoms with Crippen molar-refractivity contribution in [1.29, 1.82) is 0 Å². The smallest absolute Gasteiger partial charge is 0.335 e. The maximum absolute atomic E-state index is 11.0. The Kier molecular flexibility index (Phi) is 4.76. The molecular formula is C18H15N3O3S. The van der Waals surface area contributed by atoms with Gasteiger partial charge in [-0.2, -0.15) is 0 Å². The summed E-state index contributed by atoms with van der Waals surface area (Å²) in [7, 11) is 0. The van der Waals surface area contributed by atoms with Gasteiger partial charge in [-0.05, 0) is 36.4 Å². The van der Waals surface area contributed by atoms with E-state index in [0.29, 0.717) is 5.13 Å². The maximum Gasteiger partial charge on any atom is 0.335 e. The number of nitrogens with zero attached hydrogens (tertiary/aromatic N) is 1. The number of benzene rings is 2. The molecule has 0 aliphatic heterocycles. The van der Waals surface area contributed by atoms with Gasteiger partial charge in [0.1, 0.15) is 0 Å². The molecule has 0 aliphatic carbocycles. The van der Waals surface area contributed by atoms with Crippen molar-refractivity contribution in [1.82, 2.24) is 4.98 Å². The normalized spacial score (nSPS) is 10.3. The zero-order chi connectivity index (χ0) is 17.8. The number of hydrogen-bond donors (Lipinski definition) is 3. The molecule has 0 fully saturated rings. The quantitative estimate of drug-likeness (QED) is 0.639. The Balaban J connectivity index is 1.71. The van der Waals surface area contributed by atoms with Crippen LogP contribution in [0, 0.1) is 0 Å². The number of rotatable bonds is 5. The van der Waals surface area contributed by atoms with E-state index < -0.39 is 5.97 Å². The third kappa shape index (κ3) is 4.21. The highest BCUT2D eigenvalue weighted by Crippen LogP contribution is 2.28. The molecule has 6 nitrogen and oxygen atoms in total. The average molecular weight is 353 g/mol. The van der Waals surface area contributed by atoms with Gasteiger partial charge in [-0.25, -0.2) is 9.78 Å². The van der Waals surface area contributed by atoms with E-state index in [-0.39, 0.29) is 11.5 Å². The standard InChI is InChI=1S/C18H15N3O3S/c1-11(22)19-14-6-2-12(3-7-14)16-10-25-18(21-16)20-15-8-4-13(5-9-15)17(23)24/h2-10H,1H3,(H,19,22)(H,20,21)(H,23,24). The zero-order valence-corrected chi connectivity index (χ0v) is 14.1. The fourth-order valence-electron chi connectivity index (χ4n) is 2.21. The van der Waals surface area contributed by atoms with Gasteiger partial charge in [-0.15, -0.1) is 11.3 Å². The minimum absolute atomic E-state index is 0.109. The van der Waals surface area contributed by atoms with Gasteiger partial charge in [0, 0.05) is 29.2 Å². The van der Waals surface area contributed by atoms with Crippen molar-refractivity contribution in [2.45, 2.75) is 6.92 Å². The second-order valence-electron chi connectivity index (χ2n) is 5.30. The van der Waals surface area contributed by atoms with Crippen LogP contribution in [0.3, 0.4) is 0 Å². The summed E-state index contributed by atoms with van der Waals surface area (Å²) in [5, 5.41) is 17.4. The largest absolute Gasteiger partial charge is 0.478 e. The van der Waals surface area contributed by atoms with Crippen LogP contribution in [0.1, 0.15) is 17.3 Å². The molecule has 0 saturated heterocycles. The second kappa shape index (κ2) is 7.14. The zero-order valence-electron chi connectivity index (χ0n) is 13.3. The summed E-state index contributed by atoms with van der Waals surface area (Å²) < 4.78 is 0. The Labute approximate surface area is 148 Å². The number of carboxylic acids is 1. The van der Waals surface area contributed by atoms with E-state index in [4.69, 9.17) is 5.11 Å². The molecule has 1 amide bonds. The summed E-state index contributed by atoms with van der Waals surface area (Å²) in [6, 6.07) is 13.9. The fraction of sp³-hybridized carbons (Fsp3) is 0.0556. The number of amides is 1. The summed E-state index contributed by atoms with van der Waals surface area (Å²) >= 11 is 1.46. The second-order valence-corrected chi connectivity index (χ2v) is 6.16. The third-order valence-corrected chi connectivity index (χ3v) is 4.15. The van der Waals surface area contributed by atoms with Crippen LogP contribution in [0.25, 0.3) is 11.3 Å². The molecule has 1 aromatic heterocycles. The van der Waals surface area contributed by atoms with Crippen LogP contribution < -0.4 is 10.6 Å². The molecule has 25 heavy (non-hydrogen) atoms. The number of aromatic nitrogens is 1. The van der Waals surface area contributed by atoms with Crippen molar-refractivity contribution < 1.29 is 14.7 Å². The van der Waals surface area contributed by atoms with Gasteiger partial charge >= 0.3 is 5.97 Å². The van der Waals surface area contributed by atoms with Crippen molar-refractivity contribution in [2.75, 3.05) is 10.6 Å². The van der Waals surface area contributed by atoms with Crippen LogP contribution >= 0.6 is 11.3 Å². The third-order valence-electron chi connectivity index (χ3n) is 3.39. The molecule has 7 heteroatoms. The minimum atomic E-state index is -0.953. The Bertz CT molecular complexity index is 902.